The van der Waals surface area contributed by atoms with E-state index in [9.17, 15) is 9.59 Å². The lowest BCUT2D eigenvalue weighted by molar-refractivity contribution is -0.147. The van der Waals surface area contributed by atoms with Crippen molar-refractivity contribution >= 4 is 11.9 Å². The second-order valence-electron chi connectivity index (χ2n) is 5.58. The van der Waals surface area contributed by atoms with Crippen molar-refractivity contribution in [3.8, 4) is 0 Å². The van der Waals surface area contributed by atoms with Crippen molar-refractivity contribution in [3.63, 3.8) is 0 Å². The molecule has 2 fully saturated rings. The minimum atomic E-state index is -0.167. The van der Waals surface area contributed by atoms with E-state index >= 15 is 0 Å². The van der Waals surface area contributed by atoms with Crippen LogP contribution in [0.15, 0.2) is 0 Å². The summed E-state index contributed by atoms with van der Waals surface area (Å²) in [6.07, 6.45) is 4.21. The van der Waals surface area contributed by atoms with Crippen LogP contribution < -0.4 is 0 Å². The zero-order valence-electron chi connectivity index (χ0n) is 11.9. The van der Waals surface area contributed by atoms with Crippen molar-refractivity contribution in [1.82, 2.24) is 0 Å². The Hall–Kier alpha value is -1.06. The summed E-state index contributed by atoms with van der Waals surface area (Å²) in [5, 5.41) is 0. The van der Waals surface area contributed by atoms with E-state index in [0.717, 1.165) is 25.7 Å². The third-order valence-electron chi connectivity index (χ3n) is 4.13. The lowest BCUT2D eigenvalue weighted by Crippen LogP contribution is -2.21. The van der Waals surface area contributed by atoms with E-state index in [1.54, 1.807) is 0 Å². The maximum absolute atomic E-state index is 10.9. The van der Waals surface area contributed by atoms with Gasteiger partial charge in [0.2, 0.25) is 0 Å². The first-order valence-corrected chi connectivity index (χ1v) is 6.74. The average Bonchev–Trinajstić information content (AvgIpc) is 2.86. The van der Waals surface area contributed by atoms with Gasteiger partial charge in [0.15, 0.2) is 0 Å². The van der Waals surface area contributed by atoms with Crippen LogP contribution in [-0.2, 0) is 19.1 Å². The number of ether oxygens (including phenoxy) is 2. The molecule has 0 saturated carbocycles. The lowest BCUT2D eigenvalue weighted by Gasteiger charge is -2.19. The molecule has 2 unspecified atom stereocenters. The molecule has 0 amide bonds. The van der Waals surface area contributed by atoms with Gasteiger partial charge >= 0.3 is 11.9 Å². The van der Waals surface area contributed by atoms with Gasteiger partial charge in [0.05, 0.1) is 12.0 Å². The maximum Gasteiger partial charge on any atom is 0.311 e. The van der Waals surface area contributed by atoms with Gasteiger partial charge in [-0.15, -0.1) is 0 Å². The van der Waals surface area contributed by atoms with Gasteiger partial charge in [-0.25, -0.2) is 0 Å². The fourth-order valence-electron chi connectivity index (χ4n) is 1.96. The molecular weight excluding hydrogens is 280 g/mol. The first kappa shape index (κ1) is 29.0. The van der Waals surface area contributed by atoms with Crippen LogP contribution in [0.4, 0.5) is 0 Å². The summed E-state index contributed by atoms with van der Waals surface area (Å²) < 4.78 is 9.88. The highest BCUT2D eigenvalue weighted by Gasteiger charge is 2.37. The molecule has 0 bridgehead atoms. The molecule has 2 aliphatic heterocycles. The van der Waals surface area contributed by atoms with Crippen LogP contribution in [-0.4, -0.2) is 24.1 Å². The molecule has 0 radical (unpaired) electrons. The van der Waals surface area contributed by atoms with Crippen LogP contribution in [0.1, 0.15) is 89.5 Å². The Morgan fingerprint density at radius 3 is 1.68 bits per heavy atom. The number of carbonyl (C=O) groups is 2. The molecule has 2 atom stereocenters. The van der Waals surface area contributed by atoms with Crippen molar-refractivity contribution in [2.45, 2.75) is 95.1 Å². The lowest BCUT2D eigenvalue weighted by atomic mass is 9.86. The Bertz CT molecular complexity index is 327. The molecule has 22 heavy (non-hydrogen) atoms. The molecule has 0 aromatic rings. The minimum absolute atomic E-state index is 0. The fraction of sp³-hybridized carbons (Fsp3) is 0.889. The Balaban J connectivity index is -0.000000125. The van der Waals surface area contributed by atoms with Gasteiger partial charge in [-0.3, -0.25) is 9.59 Å². The Kier molecular flexibility index (Phi) is 15.2. The van der Waals surface area contributed by atoms with Crippen LogP contribution in [0, 0.1) is 5.41 Å². The second-order valence-corrected chi connectivity index (χ2v) is 5.58. The molecule has 2 rings (SSSR count). The maximum atomic E-state index is 10.9. The summed E-state index contributed by atoms with van der Waals surface area (Å²) >= 11 is 0. The molecule has 0 N–H and O–H groups in total. The van der Waals surface area contributed by atoms with Gasteiger partial charge in [-0.2, -0.15) is 0 Å². The Morgan fingerprint density at radius 1 is 0.955 bits per heavy atom. The van der Waals surface area contributed by atoms with Gasteiger partial charge in [0, 0.05) is 6.42 Å². The Labute approximate surface area is 139 Å². The molecule has 2 heterocycles. The topological polar surface area (TPSA) is 52.6 Å². The normalized spacial score (nSPS) is 28.4. The number of cyclic esters (lactones) is 2. The van der Waals surface area contributed by atoms with Gasteiger partial charge < -0.3 is 9.47 Å². The summed E-state index contributed by atoms with van der Waals surface area (Å²) in [7, 11) is 0. The third-order valence-corrected chi connectivity index (χ3v) is 4.13. The summed E-state index contributed by atoms with van der Waals surface area (Å²) in [6.45, 7) is 8.62. The van der Waals surface area contributed by atoms with Crippen LogP contribution in [0.3, 0.4) is 0 Å². The summed E-state index contributed by atoms with van der Waals surface area (Å²) in [4.78, 5) is 21.5. The van der Waals surface area contributed by atoms with Crippen LogP contribution >= 0.6 is 0 Å². The quantitative estimate of drug-likeness (QED) is 0.640. The highest BCUT2D eigenvalue weighted by molar-refractivity contribution is 5.77. The predicted octanol–water partition coefficient (Wildman–Crippen LogP) is 5.39. The minimum Gasteiger partial charge on any atom is -0.465 e. The summed E-state index contributed by atoms with van der Waals surface area (Å²) in [6, 6.07) is 0. The number of esters is 2. The number of hydrogen-bond donors (Lipinski definition) is 0. The molecular formula is C18H40O4. The van der Waals surface area contributed by atoms with Crippen molar-refractivity contribution < 1.29 is 19.1 Å². The van der Waals surface area contributed by atoms with Crippen LogP contribution in [0.2, 0.25) is 0 Å². The summed E-state index contributed by atoms with van der Waals surface area (Å²) in [5.74, 6) is -0.0654. The van der Waals surface area contributed by atoms with E-state index in [4.69, 9.17) is 9.47 Å². The SMILES string of the molecule is C.C.C.C.CCC1(C)CCC(=O)O1.CCC1(C)CCOC1=O. The van der Waals surface area contributed by atoms with Crippen molar-refractivity contribution in [2.75, 3.05) is 6.61 Å². The van der Waals surface area contributed by atoms with Crippen molar-refractivity contribution in [1.29, 1.82) is 0 Å². The Morgan fingerprint density at radius 2 is 1.50 bits per heavy atom. The number of rotatable bonds is 2. The molecule has 4 heteroatoms. The van der Waals surface area contributed by atoms with Gasteiger partial charge in [0.25, 0.3) is 0 Å². The first-order chi connectivity index (χ1) is 8.35. The van der Waals surface area contributed by atoms with E-state index in [-0.39, 0.29) is 52.7 Å². The largest absolute Gasteiger partial charge is 0.465 e. The van der Waals surface area contributed by atoms with Crippen LogP contribution in [0.25, 0.3) is 0 Å². The molecule has 136 valence electrons. The predicted molar refractivity (Wildman–Crippen MR) is 94.9 cm³/mol. The first-order valence-electron chi connectivity index (χ1n) is 6.74. The van der Waals surface area contributed by atoms with Crippen molar-refractivity contribution in [2.24, 2.45) is 5.41 Å². The van der Waals surface area contributed by atoms with Gasteiger partial charge in [-0.1, -0.05) is 43.6 Å². The average molecular weight is 321 g/mol. The molecule has 0 aromatic carbocycles. The highest BCUT2D eigenvalue weighted by atomic mass is 16.6. The molecule has 2 saturated heterocycles. The number of hydrogen-bond acceptors (Lipinski definition) is 4. The number of carbonyl (C=O) groups excluding carboxylic acids is 2. The van der Waals surface area contributed by atoms with Gasteiger partial charge in [-0.05, 0) is 39.5 Å². The molecule has 4 nitrogen and oxygen atoms in total. The zero-order chi connectivity index (χ0) is 13.8. The molecule has 0 aliphatic carbocycles. The highest BCUT2D eigenvalue weighted by Crippen LogP contribution is 2.32. The molecule has 2 aliphatic rings. The standard InChI is InChI=1S/2C7H12O2.4CH4/c1-3-7(2)4-5-9-6(7)8;1-3-7(2)5-4-6(8)9-7;;;;/h2*3-5H2,1-2H3;4*1H4. The van der Waals surface area contributed by atoms with E-state index in [1.807, 2.05) is 27.7 Å². The van der Waals surface area contributed by atoms with Crippen molar-refractivity contribution in [3.05, 3.63) is 0 Å². The fourth-order valence-corrected chi connectivity index (χ4v) is 1.96. The third kappa shape index (κ3) is 7.28. The van der Waals surface area contributed by atoms with E-state index < -0.39 is 0 Å². The molecule has 0 aromatic heterocycles. The smallest absolute Gasteiger partial charge is 0.311 e. The van der Waals surface area contributed by atoms with E-state index in [0.29, 0.717) is 13.0 Å². The zero-order valence-corrected chi connectivity index (χ0v) is 11.9. The second kappa shape index (κ2) is 11.5. The monoisotopic (exact) mass is 320 g/mol. The van der Waals surface area contributed by atoms with Gasteiger partial charge in [0.1, 0.15) is 5.60 Å². The van der Waals surface area contributed by atoms with Crippen LogP contribution in [0.5, 0.6) is 0 Å². The van der Waals surface area contributed by atoms with E-state index in [2.05, 4.69) is 0 Å². The van der Waals surface area contributed by atoms with E-state index in [1.165, 1.54) is 0 Å². The summed E-state index contributed by atoms with van der Waals surface area (Å²) in [5.41, 5.74) is -0.308. The molecule has 0 spiro atoms.